The number of carboxylic acids is 1. The molecule has 2 heterocycles. The summed E-state index contributed by atoms with van der Waals surface area (Å²) in [6.45, 7) is -0.0377. The minimum Gasteiger partial charge on any atom is -0.480 e. The van der Waals surface area contributed by atoms with Crippen molar-refractivity contribution in [3.05, 3.63) is 23.2 Å². The molecular weight excluding hydrogens is 262 g/mol. The number of aromatic nitrogens is 2. The molecular formula is C10H10ClN3O4. The summed E-state index contributed by atoms with van der Waals surface area (Å²) in [6, 6.07) is -1.05. The number of carbonyl (C=O) groups is 2. The third-order valence-corrected chi connectivity index (χ3v) is 2.83. The van der Waals surface area contributed by atoms with E-state index in [1.807, 2.05) is 0 Å². The Morgan fingerprint density at radius 3 is 2.78 bits per heavy atom. The Balaban J connectivity index is 2.25. The van der Waals surface area contributed by atoms with Crippen molar-refractivity contribution in [1.82, 2.24) is 14.9 Å². The summed E-state index contributed by atoms with van der Waals surface area (Å²) in [5, 5.41) is 18.5. The molecule has 1 aromatic heterocycles. The maximum atomic E-state index is 12.0. The third-order valence-electron chi connectivity index (χ3n) is 2.65. The molecule has 1 aliphatic heterocycles. The van der Waals surface area contributed by atoms with Gasteiger partial charge in [-0.1, -0.05) is 11.6 Å². The van der Waals surface area contributed by atoms with E-state index in [1.54, 1.807) is 0 Å². The number of likely N-dealkylation sites (tertiary alicyclic amines) is 1. The summed E-state index contributed by atoms with van der Waals surface area (Å²) in [6.07, 6.45) is 1.64. The molecule has 0 bridgehead atoms. The van der Waals surface area contributed by atoms with E-state index in [1.165, 1.54) is 12.4 Å². The predicted octanol–water partition coefficient (Wildman–Crippen LogP) is -0.210. The Kier molecular flexibility index (Phi) is 3.44. The van der Waals surface area contributed by atoms with Gasteiger partial charge in [0.2, 0.25) is 0 Å². The molecule has 2 N–H and O–H groups in total. The molecule has 7 nitrogen and oxygen atoms in total. The van der Waals surface area contributed by atoms with Gasteiger partial charge in [0.1, 0.15) is 16.9 Å². The number of aliphatic carboxylic acids is 1. The van der Waals surface area contributed by atoms with Crippen LogP contribution in [0.25, 0.3) is 0 Å². The Bertz CT molecular complexity index is 496. The summed E-state index contributed by atoms with van der Waals surface area (Å²) in [4.78, 5) is 31.6. The molecule has 1 fully saturated rings. The van der Waals surface area contributed by atoms with Gasteiger partial charge in [-0.3, -0.25) is 9.78 Å². The van der Waals surface area contributed by atoms with Gasteiger partial charge in [0, 0.05) is 13.0 Å². The van der Waals surface area contributed by atoms with Crippen molar-refractivity contribution in [3.8, 4) is 0 Å². The molecule has 96 valence electrons. The maximum Gasteiger partial charge on any atom is 0.326 e. The fraction of sp³-hybridized carbons (Fsp3) is 0.400. The second-order valence-electron chi connectivity index (χ2n) is 3.93. The second-order valence-corrected chi connectivity index (χ2v) is 4.32. The molecule has 0 spiro atoms. The van der Waals surface area contributed by atoms with Crippen LogP contribution in [0.5, 0.6) is 0 Å². The second kappa shape index (κ2) is 4.87. The first-order valence-corrected chi connectivity index (χ1v) is 5.56. The van der Waals surface area contributed by atoms with Gasteiger partial charge in [0.15, 0.2) is 0 Å². The third kappa shape index (κ3) is 2.41. The Morgan fingerprint density at radius 2 is 2.17 bits per heavy atom. The van der Waals surface area contributed by atoms with Crippen molar-refractivity contribution in [3.63, 3.8) is 0 Å². The summed E-state index contributed by atoms with van der Waals surface area (Å²) < 4.78 is 0. The zero-order valence-electron chi connectivity index (χ0n) is 9.15. The summed E-state index contributed by atoms with van der Waals surface area (Å²) in [7, 11) is 0. The maximum absolute atomic E-state index is 12.0. The first kappa shape index (κ1) is 12.7. The lowest BCUT2D eigenvalue weighted by Crippen LogP contribution is -2.41. The molecule has 2 rings (SSSR count). The van der Waals surface area contributed by atoms with Gasteiger partial charge in [-0.05, 0) is 0 Å². The highest BCUT2D eigenvalue weighted by molar-refractivity contribution is 6.29. The van der Waals surface area contributed by atoms with Crippen molar-refractivity contribution in [2.75, 3.05) is 6.54 Å². The Hall–Kier alpha value is -1.73. The standard InChI is InChI=1S/C10H10ClN3O4/c11-8-3-12-2-6(13-8)9(16)14-4-5(15)1-7(14)10(17)18/h2-3,5,7,15H,1,4H2,(H,17,18)/t5?,7-/m0/s1. The van der Waals surface area contributed by atoms with Crippen molar-refractivity contribution in [1.29, 1.82) is 0 Å². The monoisotopic (exact) mass is 271 g/mol. The number of aliphatic hydroxyl groups excluding tert-OH is 1. The lowest BCUT2D eigenvalue weighted by atomic mass is 10.2. The molecule has 1 unspecified atom stereocenters. The average molecular weight is 272 g/mol. The highest BCUT2D eigenvalue weighted by atomic mass is 35.5. The number of β-amino-alcohol motifs (C(OH)–C–C–N with tert-alkyl or cyclic N) is 1. The van der Waals surface area contributed by atoms with Crippen LogP contribution < -0.4 is 0 Å². The number of hydrogen-bond acceptors (Lipinski definition) is 5. The van der Waals surface area contributed by atoms with Crippen LogP contribution in [-0.4, -0.2) is 55.6 Å². The molecule has 1 amide bonds. The first-order valence-electron chi connectivity index (χ1n) is 5.18. The largest absolute Gasteiger partial charge is 0.480 e. The molecule has 0 saturated carbocycles. The highest BCUT2D eigenvalue weighted by Crippen LogP contribution is 2.20. The normalized spacial score (nSPS) is 23.1. The SMILES string of the molecule is O=C(O)[C@@H]1CC(O)CN1C(=O)c1cncc(Cl)n1. The van der Waals surface area contributed by atoms with Gasteiger partial charge in [-0.25, -0.2) is 9.78 Å². The molecule has 0 radical (unpaired) electrons. The molecule has 1 saturated heterocycles. The quantitative estimate of drug-likeness (QED) is 0.771. The molecule has 8 heteroatoms. The van der Waals surface area contributed by atoms with Crippen LogP contribution in [-0.2, 0) is 4.79 Å². The van der Waals surface area contributed by atoms with Crippen LogP contribution in [0.3, 0.4) is 0 Å². The van der Waals surface area contributed by atoms with E-state index < -0.39 is 24.0 Å². The zero-order valence-corrected chi connectivity index (χ0v) is 9.91. The number of amides is 1. The van der Waals surface area contributed by atoms with Crippen molar-refractivity contribution in [2.24, 2.45) is 0 Å². The summed E-state index contributed by atoms with van der Waals surface area (Å²) >= 11 is 5.61. The van der Waals surface area contributed by atoms with Crippen LogP contribution in [0.2, 0.25) is 5.15 Å². The van der Waals surface area contributed by atoms with Crippen LogP contribution in [0.1, 0.15) is 16.9 Å². The molecule has 2 atom stereocenters. The van der Waals surface area contributed by atoms with E-state index in [-0.39, 0.29) is 23.8 Å². The minimum absolute atomic E-state index is 0.00900. The van der Waals surface area contributed by atoms with Gasteiger partial charge >= 0.3 is 5.97 Å². The van der Waals surface area contributed by atoms with Gasteiger partial charge < -0.3 is 15.1 Å². The molecule has 0 aliphatic carbocycles. The van der Waals surface area contributed by atoms with E-state index in [2.05, 4.69) is 9.97 Å². The van der Waals surface area contributed by atoms with Gasteiger partial charge in [-0.15, -0.1) is 0 Å². The highest BCUT2D eigenvalue weighted by Gasteiger charge is 2.39. The Morgan fingerprint density at radius 1 is 1.44 bits per heavy atom. The molecule has 1 aromatic rings. The average Bonchev–Trinajstić information content (AvgIpc) is 2.70. The number of aliphatic hydroxyl groups is 1. The predicted molar refractivity (Wildman–Crippen MR) is 60.1 cm³/mol. The van der Waals surface area contributed by atoms with Crippen molar-refractivity contribution >= 4 is 23.5 Å². The molecule has 0 aromatic carbocycles. The minimum atomic E-state index is -1.16. The molecule has 1 aliphatic rings. The number of hydrogen-bond donors (Lipinski definition) is 2. The lowest BCUT2D eigenvalue weighted by Gasteiger charge is -2.20. The van der Waals surface area contributed by atoms with Gasteiger partial charge in [0.25, 0.3) is 5.91 Å². The Labute approximate surface area is 107 Å². The number of carbonyl (C=O) groups excluding carboxylic acids is 1. The fourth-order valence-electron chi connectivity index (χ4n) is 1.86. The van der Waals surface area contributed by atoms with Gasteiger partial charge in [-0.2, -0.15) is 0 Å². The topological polar surface area (TPSA) is 104 Å². The van der Waals surface area contributed by atoms with Gasteiger partial charge in [0.05, 0.1) is 18.5 Å². The molecule has 18 heavy (non-hydrogen) atoms. The van der Waals surface area contributed by atoms with E-state index in [0.717, 1.165) is 4.90 Å². The van der Waals surface area contributed by atoms with Crippen molar-refractivity contribution < 1.29 is 19.8 Å². The zero-order chi connectivity index (χ0) is 13.3. The number of nitrogens with zero attached hydrogens (tertiary/aromatic N) is 3. The summed E-state index contributed by atoms with van der Waals surface area (Å²) in [5.41, 5.74) is -0.0390. The first-order chi connectivity index (χ1) is 8.49. The van der Waals surface area contributed by atoms with Crippen molar-refractivity contribution in [2.45, 2.75) is 18.6 Å². The lowest BCUT2D eigenvalue weighted by molar-refractivity contribution is -0.141. The van der Waals surface area contributed by atoms with Crippen LogP contribution >= 0.6 is 11.6 Å². The smallest absolute Gasteiger partial charge is 0.326 e. The number of rotatable bonds is 2. The number of carboxylic acid groups (broad SMARTS) is 1. The van der Waals surface area contributed by atoms with Crippen LogP contribution in [0.15, 0.2) is 12.4 Å². The van der Waals surface area contributed by atoms with E-state index in [9.17, 15) is 14.7 Å². The van der Waals surface area contributed by atoms with E-state index in [4.69, 9.17) is 16.7 Å². The summed E-state index contributed by atoms with van der Waals surface area (Å²) in [5.74, 6) is -1.76. The van der Waals surface area contributed by atoms with Crippen LogP contribution in [0.4, 0.5) is 0 Å². The number of halogens is 1. The van der Waals surface area contributed by atoms with Crippen LogP contribution in [0, 0.1) is 0 Å². The van der Waals surface area contributed by atoms with E-state index in [0.29, 0.717) is 0 Å². The fourth-order valence-corrected chi connectivity index (χ4v) is 2.01. The van der Waals surface area contributed by atoms with E-state index >= 15 is 0 Å².